The van der Waals surface area contributed by atoms with E-state index in [1.54, 1.807) is 12.1 Å². The number of carbonyl (C=O) groups excluding carboxylic acids is 2. The monoisotopic (exact) mass is 222 g/mol. The van der Waals surface area contributed by atoms with Crippen LogP contribution in [0.15, 0.2) is 30.3 Å². The maximum absolute atomic E-state index is 11.8. The summed E-state index contributed by atoms with van der Waals surface area (Å²) in [7, 11) is 0. The van der Waals surface area contributed by atoms with Crippen LogP contribution in [-0.4, -0.2) is 22.6 Å². The zero-order chi connectivity index (χ0) is 11.3. The van der Waals surface area contributed by atoms with E-state index in [1.165, 1.54) is 18.7 Å². The normalized spacial score (nSPS) is 12.1. The van der Waals surface area contributed by atoms with Crippen LogP contribution in [0.25, 0.3) is 0 Å². The van der Waals surface area contributed by atoms with Crippen LogP contribution in [0.4, 0.5) is 0 Å². The molecule has 0 bridgehead atoms. The Labute approximate surface area is 94.1 Å². The van der Waals surface area contributed by atoms with Gasteiger partial charge in [-0.15, -0.1) is 11.8 Å². The molecule has 80 valence electrons. The zero-order valence-electron chi connectivity index (χ0n) is 8.90. The largest absolute Gasteiger partial charge is 0.299 e. The molecule has 15 heavy (non-hydrogen) atoms. The first-order valence-corrected chi connectivity index (χ1v) is 5.86. The van der Waals surface area contributed by atoms with Crippen LogP contribution in [0, 0.1) is 0 Å². The number of carbonyl (C=O) groups is 2. The molecular weight excluding hydrogens is 208 g/mol. The lowest BCUT2D eigenvalue weighted by Crippen LogP contribution is -2.15. The maximum atomic E-state index is 11.8. The third kappa shape index (κ3) is 3.88. The average molecular weight is 222 g/mol. The van der Waals surface area contributed by atoms with E-state index < -0.39 is 0 Å². The summed E-state index contributed by atoms with van der Waals surface area (Å²) >= 11 is 1.39. The SMILES string of the molecule is CC(=O)CSC(C)C(=O)c1ccccc1. The van der Waals surface area contributed by atoms with E-state index in [0.29, 0.717) is 11.3 Å². The number of Topliss-reactive ketones (excluding diaryl/α,β-unsaturated/α-hetero) is 2. The molecule has 0 heterocycles. The van der Waals surface area contributed by atoms with Crippen LogP contribution in [0.5, 0.6) is 0 Å². The molecule has 1 unspecified atom stereocenters. The number of hydrogen-bond donors (Lipinski definition) is 0. The molecule has 0 aliphatic carbocycles. The molecule has 1 rings (SSSR count). The quantitative estimate of drug-likeness (QED) is 0.718. The summed E-state index contributed by atoms with van der Waals surface area (Å²) in [6.45, 7) is 3.37. The molecule has 0 fully saturated rings. The Morgan fingerprint density at radius 3 is 2.40 bits per heavy atom. The highest BCUT2D eigenvalue weighted by Crippen LogP contribution is 2.15. The smallest absolute Gasteiger partial charge is 0.175 e. The Hall–Kier alpha value is -1.09. The van der Waals surface area contributed by atoms with Gasteiger partial charge < -0.3 is 0 Å². The second-order valence-corrected chi connectivity index (χ2v) is 4.71. The number of ketones is 2. The van der Waals surface area contributed by atoms with Gasteiger partial charge in [0.2, 0.25) is 0 Å². The lowest BCUT2D eigenvalue weighted by atomic mass is 10.1. The van der Waals surface area contributed by atoms with E-state index in [-0.39, 0.29) is 16.8 Å². The number of rotatable bonds is 5. The number of hydrogen-bond acceptors (Lipinski definition) is 3. The highest BCUT2D eigenvalue weighted by Gasteiger charge is 2.15. The van der Waals surface area contributed by atoms with Gasteiger partial charge in [0.15, 0.2) is 5.78 Å². The van der Waals surface area contributed by atoms with Crippen molar-refractivity contribution in [2.45, 2.75) is 19.1 Å². The summed E-state index contributed by atoms with van der Waals surface area (Å²) in [5, 5.41) is -0.156. The lowest BCUT2D eigenvalue weighted by Gasteiger charge is -2.08. The minimum Gasteiger partial charge on any atom is -0.299 e. The molecule has 0 spiro atoms. The highest BCUT2D eigenvalue weighted by molar-refractivity contribution is 8.01. The molecule has 0 aromatic heterocycles. The summed E-state index contributed by atoms with van der Waals surface area (Å²) in [5.41, 5.74) is 0.709. The Bertz CT molecular complexity index is 346. The first-order valence-electron chi connectivity index (χ1n) is 4.81. The van der Waals surface area contributed by atoms with Gasteiger partial charge in [0.05, 0.1) is 11.0 Å². The highest BCUT2D eigenvalue weighted by atomic mass is 32.2. The fraction of sp³-hybridized carbons (Fsp3) is 0.333. The summed E-state index contributed by atoms with van der Waals surface area (Å²) in [6, 6.07) is 9.16. The maximum Gasteiger partial charge on any atom is 0.175 e. The minimum atomic E-state index is -0.156. The molecule has 1 atom stereocenters. The molecule has 0 saturated carbocycles. The van der Waals surface area contributed by atoms with Crippen molar-refractivity contribution in [2.75, 3.05) is 5.75 Å². The Morgan fingerprint density at radius 2 is 1.87 bits per heavy atom. The van der Waals surface area contributed by atoms with Crippen molar-refractivity contribution in [1.82, 2.24) is 0 Å². The van der Waals surface area contributed by atoms with Crippen LogP contribution >= 0.6 is 11.8 Å². The molecule has 0 aliphatic heterocycles. The fourth-order valence-corrected chi connectivity index (χ4v) is 1.93. The third-order valence-corrected chi connectivity index (χ3v) is 3.25. The average Bonchev–Trinajstić information content (AvgIpc) is 2.26. The van der Waals surface area contributed by atoms with Gasteiger partial charge in [0, 0.05) is 5.56 Å². The van der Waals surface area contributed by atoms with Gasteiger partial charge in [0.1, 0.15) is 5.78 Å². The Balaban J connectivity index is 2.57. The van der Waals surface area contributed by atoms with E-state index in [9.17, 15) is 9.59 Å². The third-order valence-electron chi connectivity index (χ3n) is 1.96. The van der Waals surface area contributed by atoms with Gasteiger partial charge in [-0.3, -0.25) is 9.59 Å². The fourth-order valence-electron chi connectivity index (χ4n) is 1.16. The van der Waals surface area contributed by atoms with E-state index in [1.807, 2.05) is 25.1 Å². The van der Waals surface area contributed by atoms with E-state index >= 15 is 0 Å². The van der Waals surface area contributed by atoms with Gasteiger partial charge >= 0.3 is 0 Å². The van der Waals surface area contributed by atoms with E-state index in [0.717, 1.165) is 0 Å². The van der Waals surface area contributed by atoms with Crippen LogP contribution in [0.2, 0.25) is 0 Å². The predicted octanol–water partition coefficient (Wildman–Crippen LogP) is 2.58. The number of thioether (sulfide) groups is 1. The van der Waals surface area contributed by atoms with Gasteiger partial charge in [-0.2, -0.15) is 0 Å². The first-order chi connectivity index (χ1) is 7.11. The van der Waals surface area contributed by atoms with Crippen molar-refractivity contribution in [3.63, 3.8) is 0 Å². The van der Waals surface area contributed by atoms with E-state index in [4.69, 9.17) is 0 Å². The molecule has 0 N–H and O–H groups in total. The molecule has 1 aromatic rings. The van der Waals surface area contributed by atoms with Crippen LogP contribution in [0.3, 0.4) is 0 Å². The lowest BCUT2D eigenvalue weighted by molar-refractivity contribution is -0.114. The van der Waals surface area contributed by atoms with Gasteiger partial charge in [-0.25, -0.2) is 0 Å². The summed E-state index contributed by atoms with van der Waals surface area (Å²) in [6.07, 6.45) is 0. The van der Waals surface area contributed by atoms with Crippen LogP contribution < -0.4 is 0 Å². The molecule has 0 saturated heterocycles. The van der Waals surface area contributed by atoms with Crippen LogP contribution in [-0.2, 0) is 4.79 Å². The van der Waals surface area contributed by atoms with Gasteiger partial charge in [-0.05, 0) is 13.8 Å². The first kappa shape index (κ1) is 12.0. The van der Waals surface area contributed by atoms with Crippen molar-refractivity contribution in [3.8, 4) is 0 Å². The molecule has 0 amide bonds. The Morgan fingerprint density at radius 1 is 1.27 bits per heavy atom. The van der Waals surface area contributed by atoms with Crippen molar-refractivity contribution in [3.05, 3.63) is 35.9 Å². The molecule has 2 nitrogen and oxygen atoms in total. The second-order valence-electron chi connectivity index (χ2n) is 3.39. The van der Waals surface area contributed by atoms with Crippen LogP contribution in [0.1, 0.15) is 24.2 Å². The molecule has 0 aliphatic rings. The summed E-state index contributed by atoms with van der Waals surface area (Å²) < 4.78 is 0. The minimum absolute atomic E-state index is 0.0850. The van der Waals surface area contributed by atoms with Crippen molar-refractivity contribution in [1.29, 1.82) is 0 Å². The van der Waals surface area contributed by atoms with Gasteiger partial charge in [-0.1, -0.05) is 30.3 Å². The number of benzene rings is 1. The van der Waals surface area contributed by atoms with Crippen molar-refractivity contribution in [2.24, 2.45) is 0 Å². The summed E-state index contributed by atoms with van der Waals surface area (Å²) in [5.74, 6) is 0.592. The predicted molar refractivity (Wildman–Crippen MR) is 63.4 cm³/mol. The molecule has 3 heteroatoms. The van der Waals surface area contributed by atoms with Crippen molar-refractivity contribution >= 4 is 23.3 Å². The van der Waals surface area contributed by atoms with Gasteiger partial charge in [0.25, 0.3) is 0 Å². The standard InChI is InChI=1S/C12H14O2S/c1-9(13)8-15-10(2)12(14)11-6-4-3-5-7-11/h3-7,10H,8H2,1-2H3. The molecule has 0 radical (unpaired) electrons. The second kappa shape index (κ2) is 5.71. The zero-order valence-corrected chi connectivity index (χ0v) is 9.71. The molecular formula is C12H14O2S. The summed E-state index contributed by atoms with van der Waals surface area (Å²) in [4.78, 5) is 22.6. The van der Waals surface area contributed by atoms with E-state index in [2.05, 4.69) is 0 Å². The molecule has 1 aromatic carbocycles. The topological polar surface area (TPSA) is 34.1 Å². The Kier molecular flexibility index (Phi) is 4.56. The van der Waals surface area contributed by atoms with Crippen molar-refractivity contribution < 1.29 is 9.59 Å².